The highest BCUT2D eigenvalue weighted by Crippen LogP contribution is 2.32. The van der Waals surface area contributed by atoms with Crippen molar-refractivity contribution in [2.24, 2.45) is 5.92 Å². The van der Waals surface area contributed by atoms with Gasteiger partial charge in [-0.1, -0.05) is 79.9 Å². The first-order valence-corrected chi connectivity index (χ1v) is 15.7. The van der Waals surface area contributed by atoms with Crippen LogP contribution in [0.1, 0.15) is 43.9 Å². The molecule has 1 N–H and O–H groups in total. The van der Waals surface area contributed by atoms with E-state index in [1.807, 2.05) is 58.9 Å². The normalized spacial score (nSPS) is 12.1. The molecule has 1 atom stereocenters. The first-order chi connectivity index (χ1) is 19.9. The number of ether oxygens (including phenoxy) is 1. The van der Waals surface area contributed by atoms with E-state index in [4.69, 9.17) is 16.3 Å². The van der Waals surface area contributed by atoms with Gasteiger partial charge in [0.15, 0.2) is 0 Å². The number of benzene rings is 3. The Hall–Kier alpha value is -3.56. The van der Waals surface area contributed by atoms with E-state index in [2.05, 4.69) is 5.32 Å². The van der Waals surface area contributed by atoms with Crippen LogP contribution >= 0.6 is 11.6 Å². The topological polar surface area (TPSA) is 96.0 Å². The van der Waals surface area contributed by atoms with Crippen LogP contribution in [0.25, 0.3) is 0 Å². The van der Waals surface area contributed by atoms with Gasteiger partial charge in [-0.25, -0.2) is 8.42 Å². The molecule has 0 aliphatic heterocycles. The lowest BCUT2D eigenvalue weighted by Crippen LogP contribution is -2.52. The molecule has 0 bridgehead atoms. The number of nitrogens with zero attached hydrogens (tertiary/aromatic N) is 2. The predicted molar refractivity (Wildman–Crippen MR) is 167 cm³/mol. The second-order valence-corrected chi connectivity index (χ2v) is 13.0. The van der Waals surface area contributed by atoms with Gasteiger partial charge in [0.1, 0.15) is 18.3 Å². The van der Waals surface area contributed by atoms with Gasteiger partial charge in [-0.3, -0.25) is 13.9 Å². The van der Waals surface area contributed by atoms with Crippen molar-refractivity contribution in [3.8, 4) is 5.75 Å². The van der Waals surface area contributed by atoms with E-state index in [9.17, 15) is 18.0 Å². The van der Waals surface area contributed by atoms with Crippen LogP contribution in [0.3, 0.4) is 0 Å². The molecule has 0 radical (unpaired) electrons. The van der Waals surface area contributed by atoms with E-state index in [1.54, 1.807) is 24.3 Å². The Morgan fingerprint density at radius 3 is 2.24 bits per heavy atom. The number of hydrogen-bond acceptors (Lipinski definition) is 5. The molecule has 3 aromatic rings. The summed E-state index contributed by atoms with van der Waals surface area (Å²) in [5, 5.41) is 3.13. The van der Waals surface area contributed by atoms with E-state index < -0.39 is 28.5 Å². The molecule has 0 saturated carbocycles. The Kier molecular flexibility index (Phi) is 11.4. The van der Waals surface area contributed by atoms with Crippen molar-refractivity contribution < 1.29 is 22.7 Å². The molecule has 0 saturated heterocycles. The zero-order valence-corrected chi connectivity index (χ0v) is 26.6. The number of carbonyl (C=O) groups is 2. The summed E-state index contributed by atoms with van der Waals surface area (Å²) in [7, 11) is -2.74. The maximum Gasteiger partial charge on any atom is 0.264 e. The fourth-order valence-corrected chi connectivity index (χ4v) is 6.18. The number of hydrogen-bond donors (Lipinski definition) is 1. The molecule has 8 nitrogen and oxygen atoms in total. The third-order valence-electron chi connectivity index (χ3n) is 6.82. The van der Waals surface area contributed by atoms with E-state index >= 15 is 0 Å². The molecule has 0 fully saturated rings. The Bertz CT molecular complexity index is 1490. The molecule has 2 amide bonds. The van der Waals surface area contributed by atoms with Gasteiger partial charge in [0.05, 0.1) is 22.7 Å². The zero-order chi connectivity index (χ0) is 31.0. The third-order valence-corrected chi connectivity index (χ3v) is 8.90. The quantitative estimate of drug-likeness (QED) is 0.265. The number of halogens is 1. The summed E-state index contributed by atoms with van der Waals surface area (Å²) in [6.07, 6.45) is 0.348. The van der Waals surface area contributed by atoms with E-state index in [0.717, 1.165) is 21.0 Å². The number of sulfonamides is 1. The molecule has 226 valence electrons. The number of amides is 2. The lowest BCUT2D eigenvalue weighted by atomic mass is 10.1. The molecule has 10 heteroatoms. The highest BCUT2D eigenvalue weighted by molar-refractivity contribution is 7.92. The van der Waals surface area contributed by atoms with Gasteiger partial charge in [0.2, 0.25) is 11.8 Å². The van der Waals surface area contributed by atoms with Crippen molar-refractivity contribution in [3.63, 3.8) is 0 Å². The molecular formula is C32H40ClN3O5S. The summed E-state index contributed by atoms with van der Waals surface area (Å²) < 4.78 is 34.3. The summed E-state index contributed by atoms with van der Waals surface area (Å²) in [6.45, 7) is 9.68. The van der Waals surface area contributed by atoms with Gasteiger partial charge >= 0.3 is 0 Å². The van der Waals surface area contributed by atoms with Crippen LogP contribution in [-0.4, -0.2) is 51.4 Å². The molecule has 0 aromatic heterocycles. The highest BCUT2D eigenvalue weighted by Gasteiger charge is 2.34. The lowest BCUT2D eigenvalue weighted by Gasteiger charge is -2.33. The maximum absolute atomic E-state index is 14.2. The van der Waals surface area contributed by atoms with Crippen molar-refractivity contribution in [3.05, 3.63) is 88.4 Å². The Labute approximate surface area is 254 Å². The predicted octanol–water partition coefficient (Wildman–Crippen LogP) is 5.74. The second-order valence-electron chi connectivity index (χ2n) is 10.7. The summed E-state index contributed by atoms with van der Waals surface area (Å²) in [4.78, 5) is 29.0. The minimum absolute atomic E-state index is 0.0276. The molecule has 42 heavy (non-hydrogen) atoms. The van der Waals surface area contributed by atoms with E-state index in [-0.39, 0.29) is 34.0 Å². The molecule has 0 aliphatic rings. The first kappa shape index (κ1) is 32.9. The van der Waals surface area contributed by atoms with Crippen LogP contribution in [0.15, 0.2) is 71.6 Å². The molecular weight excluding hydrogens is 574 g/mol. The third kappa shape index (κ3) is 8.26. The number of rotatable bonds is 13. The minimum atomic E-state index is -4.20. The number of aryl methyl sites for hydroxylation is 2. The van der Waals surface area contributed by atoms with Crippen molar-refractivity contribution in [2.45, 2.75) is 58.5 Å². The molecule has 3 rings (SSSR count). The SMILES string of the molecule is CCC(C(=O)NCC(C)C)N(Cc1cccc(C)c1)C(=O)CN(c1ccc(OC)c(Cl)c1)S(=O)(=O)c1ccc(C)cc1. The monoisotopic (exact) mass is 613 g/mol. The van der Waals surface area contributed by atoms with Crippen LogP contribution in [0, 0.1) is 19.8 Å². The van der Waals surface area contributed by atoms with Gasteiger partial charge < -0.3 is 15.0 Å². The average molecular weight is 614 g/mol. The van der Waals surface area contributed by atoms with Crippen LogP contribution < -0.4 is 14.4 Å². The smallest absolute Gasteiger partial charge is 0.264 e. The van der Waals surface area contributed by atoms with E-state index in [0.29, 0.717) is 18.7 Å². The van der Waals surface area contributed by atoms with Crippen LogP contribution in [0.5, 0.6) is 5.75 Å². The van der Waals surface area contributed by atoms with Gasteiger partial charge in [0.25, 0.3) is 10.0 Å². The fourth-order valence-electron chi connectivity index (χ4n) is 4.53. The van der Waals surface area contributed by atoms with Crippen LogP contribution in [0.2, 0.25) is 5.02 Å². The van der Waals surface area contributed by atoms with Gasteiger partial charge in [-0.2, -0.15) is 0 Å². The molecule has 3 aromatic carbocycles. The standard InChI is InChI=1S/C32H40ClN3O5S/c1-7-29(32(38)34-19-22(2)3)35(20-25-10-8-9-24(5)17-25)31(37)21-36(26-13-16-30(41-6)28(33)18-26)42(39,40)27-14-11-23(4)12-15-27/h8-18,22,29H,7,19-21H2,1-6H3,(H,34,38). The maximum atomic E-state index is 14.2. The van der Waals surface area contributed by atoms with Crippen LogP contribution in [-0.2, 0) is 26.2 Å². The van der Waals surface area contributed by atoms with Crippen molar-refractivity contribution in [1.82, 2.24) is 10.2 Å². The van der Waals surface area contributed by atoms with Crippen molar-refractivity contribution in [2.75, 3.05) is 24.5 Å². The lowest BCUT2D eigenvalue weighted by molar-refractivity contribution is -0.140. The van der Waals surface area contributed by atoms with Crippen LogP contribution in [0.4, 0.5) is 5.69 Å². The molecule has 0 heterocycles. The van der Waals surface area contributed by atoms with Gasteiger partial charge in [-0.15, -0.1) is 0 Å². The summed E-state index contributed by atoms with van der Waals surface area (Å²) in [6, 6.07) is 17.8. The Morgan fingerprint density at radius 2 is 1.67 bits per heavy atom. The van der Waals surface area contributed by atoms with Crippen molar-refractivity contribution in [1.29, 1.82) is 0 Å². The zero-order valence-electron chi connectivity index (χ0n) is 25.1. The number of anilines is 1. The van der Waals surface area contributed by atoms with E-state index in [1.165, 1.54) is 30.2 Å². The number of methoxy groups -OCH3 is 1. The average Bonchev–Trinajstić information content (AvgIpc) is 2.94. The van der Waals surface area contributed by atoms with Crippen molar-refractivity contribution >= 4 is 39.1 Å². The largest absolute Gasteiger partial charge is 0.495 e. The Balaban J connectivity index is 2.08. The highest BCUT2D eigenvalue weighted by atomic mass is 35.5. The molecule has 0 aliphatic carbocycles. The van der Waals surface area contributed by atoms with Gasteiger partial charge in [-0.05, 0) is 62.1 Å². The number of nitrogens with one attached hydrogen (secondary N) is 1. The Morgan fingerprint density at radius 1 is 0.976 bits per heavy atom. The second kappa shape index (κ2) is 14.6. The fraction of sp³-hybridized carbons (Fsp3) is 0.375. The summed E-state index contributed by atoms with van der Waals surface area (Å²) >= 11 is 6.39. The summed E-state index contributed by atoms with van der Waals surface area (Å²) in [5.74, 6) is -0.214. The summed E-state index contributed by atoms with van der Waals surface area (Å²) in [5.41, 5.74) is 2.93. The molecule has 1 unspecified atom stereocenters. The first-order valence-electron chi connectivity index (χ1n) is 13.9. The van der Waals surface area contributed by atoms with Gasteiger partial charge in [0, 0.05) is 13.1 Å². The number of carbonyl (C=O) groups excluding carboxylic acids is 2. The molecule has 0 spiro atoms. The minimum Gasteiger partial charge on any atom is -0.495 e.